The maximum atomic E-state index is 12.4. The molecule has 1 amide bonds. The van der Waals surface area contributed by atoms with Crippen LogP contribution in [-0.2, 0) is 4.79 Å². The highest BCUT2D eigenvalue weighted by Gasteiger charge is 2.34. The third kappa shape index (κ3) is 3.21. The quantitative estimate of drug-likeness (QED) is 0.823. The Kier molecular flexibility index (Phi) is 5.37. The van der Waals surface area contributed by atoms with Crippen LogP contribution in [0, 0.1) is 11.8 Å². The molecular formula is C14H26N2OS. The van der Waals surface area contributed by atoms with Gasteiger partial charge in [0.1, 0.15) is 0 Å². The van der Waals surface area contributed by atoms with Gasteiger partial charge in [-0.05, 0) is 44.4 Å². The molecule has 4 unspecified atom stereocenters. The maximum absolute atomic E-state index is 12.4. The van der Waals surface area contributed by atoms with Gasteiger partial charge in [0, 0.05) is 17.2 Å². The summed E-state index contributed by atoms with van der Waals surface area (Å²) in [7, 11) is 0. The molecule has 0 aromatic heterocycles. The Morgan fingerprint density at radius 2 is 2.00 bits per heavy atom. The SMILES string of the molecule is CSC1CCCCC1NC(=O)C1CCCC1CN. The first kappa shape index (κ1) is 14.2. The van der Waals surface area contributed by atoms with Crippen molar-refractivity contribution in [1.82, 2.24) is 5.32 Å². The minimum Gasteiger partial charge on any atom is -0.352 e. The lowest BCUT2D eigenvalue weighted by molar-refractivity contribution is -0.126. The normalized spacial score (nSPS) is 36.6. The first-order chi connectivity index (χ1) is 8.76. The molecule has 4 atom stereocenters. The van der Waals surface area contributed by atoms with Crippen molar-refractivity contribution in [2.45, 2.75) is 56.2 Å². The molecule has 3 nitrogen and oxygen atoms in total. The number of rotatable bonds is 4. The Morgan fingerprint density at radius 3 is 2.72 bits per heavy atom. The molecule has 4 heteroatoms. The van der Waals surface area contributed by atoms with Crippen molar-refractivity contribution >= 4 is 17.7 Å². The van der Waals surface area contributed by atoms with Crippen molar-refractivity contribution in [2.24, 2.45) is 17.6 Å². The van der Waals surface area contributed by atoms with Crippen molar-refractivity contribution in [3.05, 3.63) is 0 Å². The number of hydrogen-bond acceptors (Lipinski definition) is 3. The summed E-state index contributed by atoms with van der Waals surface area (Å²) in [4.78, 5) is 12.4. The fourth-order valence-corrected chi connectivity index (χ4v) is 4.43. The van der Waals surface area contributed by atoms with Crippen LogP contribution in [0.2, 0.25) is 0 Å². The third-order valence-electron chi connectivity index (χ3n) is 4.63. The van der Waals surface area contributed by atoms with E-state index >= 15 is 0 Å². The fraction of sp³-hybridized carbons (Fsp3) is 0.929. The van der Waals surface area contributed by atoms with E-state index in [1.54, 1.807) is 0 Å². The van der Waals surface area contributed by atoms with Crippen LogP contribution in [0.5, 0.6) is 0 Å². The van der Waals surface area contributed by atoms with Crippen molar-refractivity contribution in [3.8, 4) is 0 Å². The highest BCUT2D eigenvalue weighted by atomic mass is 32.2. The Balaban J connectivity index is 1.89. The van der Waals surface area contributed by atoms with Crippen LogP contribution in [-0.4, -0.2) is 30.0 Å². The van der Waals surface area contributed by atoms with E-state index < -0.39 is 0 Å². The molecule has 0 bridgehead atoms. The zero-order chi connectivity index (χ0) is 13.0. The van der Waals surface area contributed by atoms with Crippen LogP contribution in [0.25, 0.3) is 0 Å². The van der Waals surface area contributed by atoms with E-state index in [9.17, 15) is 4.79 Å². The zero-order valence-corrected chi connectivity index (χ0v) is 12.2. The number of nitrogens with one attached hydrogen (secondary N) is 1. The van der Waals surface area contributed by atoms with Gasteiger partial charge in [0.15, 0.2) is 0 Å². The van der Waals surface area contributed by atoms with E-state index in [1.807, 2.05) is 11.8 Å². The van der Waals surface area contributed by atoms with E-state index in [1.165, 1.54) is 19.3 Å². The van der Waals surface area contributed by atoms with E-state index in [-0.39, 0.29) is 11.8 Å². The van der Waals surface area contributed by atoms with E-state index in [0.717, 1.165) is 25.7 Å². The van der Waals surface area contributed by atoms with Gasteiger partial charge in [-0.3, -0.25) is 4.79 Å². The smallest absolute Gasteiger partial charge is 0.223 e. The van der Waals surface area contributed by atoms with Crippen LogP contribution in [0.15, 0.2) is 0 Å². The van der Waals surface area contributed by atoms with E-state index in [0.29, 0.717) is 23.8 Å². The lowest BCUT2D eigenvalue weighted by Crippen LogP contribution is -2.47. The standard InChI is InChI=1S/C14H26N2OS/c1-18-13-8-3-2-7-12(13)16-14(17)11-6-4-5-10(11)9-15/h10-13H,2-9,15H2,1H3,(H,16,17). The predicted molar refractivity (Wildman–Crippen MR) is 77.6 cm³/mol. The van der Waals surface area contributed by atoms with Crippen LogP contribution < -0.4 is 11.1 Å². The van der Waals surface area contributed by atoms with Gasteiger partial charge in [0.05, 0.1) is 0 Å². The molecule has 0 radical (unpaired) electrons. The summed E-state index contributed by atoms with van der Waals surface area (Å²) in [6.07, 6.45) is 10.5. The summed E-state index contributed by atoms with van der Waals surface area (Å²) in [6.45, 7) is 0.661. The van der Waals surface area contributed by atoms with Gasteiger partial charge in [0.25, 0.3) is 0 Å². The molecule has 2 saturated carbocycles. The number of nitrogens with two attached hydrogens (primary N) is 1. The molecule has 0 heterocycles. The highest BCUT2D eigenvalue weighted by Crippen LogP contribution is 2.32. The fourth-order valence-electron chi connectivity index (χ4n) is 3.50. The minimum atomic E-state index is 0.180. The van der Waals surface area contributed by atoms with Gasteiger partial charge in [-0.2, -0.15) is 11.8 Å². The molecule has 2 fully saturated rings. The number of carbonyl (C=O) groups is 1. The molecule has 0 aromatic rings. The van der Waals surface area contributed by atoms with Crippen molar-refractivity contribution in [3.63, 3.8) is 0 Å². The molecule has 0 aromatic carbocycles. The summed E-state index contributed by atoms with van der Waals surface area (Å²) in [5, 5.41) is 3.92. The third-order valence-corrected chi connectivity index (χ3v) is 5.80. The molecule has 0 saturated heterocycles. The lowest BCUT2D eigenvalue weighted by Gasteiger charge is -2.32. The zero-order valence-electron chi connectivity index (χ0n) is 11.4. The van der Waals surface area contributed by atoms with Gasteiger partial charge in [-0.1, -0.05) is 19.3 Å². The van der Waals surface area contributed by atoms with Crippen LogP contribution in [0.3, 0.4) is 0 Å². The lowest BCUT2D eigenvalue weighted by atomic mass is 9.92. The molecule has 3 N–H and O–H groups in total. The molecule has 104 valence electrons. The van der Waals surface area contributed by atoms with Crippen LogP contribution in [0.1, 0.15) is 44.9 Å². The maximum Gasteiger partial charge on any atom is 0.223 e. The molecule has 2 rings (SSSR count). The Hall–Kier alpha value is -0.220. The monoisotopic (exact) mass is 270 g/mol. The number of hydrogen-bond donors (Lipinski definition) is 2. The van der Waals surface area contributed by atoms with E-state index in [2.05, 4.69) is 11.6 Å². The first-order valence-corrected chi connectivity index (χ1v) is 8.58. The molecule has 2 aliphatic rings. The summed E-state index contributed by atoms with van der Waals surface area (Å²) in [5.74, 6) is 0.870. The summed E-state index contributed by atoms with van der Waals surface area (Å²) in [6, 6.07) is 0.389. The number of carbonyl (C=O) groups excluding carboxylic acids is 1. The van der Waals surface area contributed by atoms with Gasteiger partial charge in [-0.25, -0.2) is 0 Å². The summed E-state index contributed by atoms with van der Waals surface area (Å²) in [5.41, 5.74) is 5.76. The molecular weight excluding hydrogens is 244 g/mol. The molecule has 0 spiro atoms. The Labute approximate surface area is 115 Å². The van der Waals surface area contributed by atoms with Crippen molar-refractivity contribution in [1.29, 1.82) is 0 Å². The minimum absolute atomic E-state index is 0.180. The molecule has 0 aliphatic heterocycles. The molecule has 18 heavy (non-hydrogen) atoms. The molecule has 2 aliphatic carbocycles. The second-order valence-corrected chi connectivity index (χ2v) is 6.78. The average molecular weight is 270 g/mol. The van der Waals surface area contributed by atoms with Crippen molar-refractivity contribution < 1.29 is 4.79 Å². The number of amides is 1. The van der Waals surface area contributed by atoms with Gasteiger partial charge in [-0.15, -0.1) is 0 Å². The average Bonchev–Trinajstić information content (AvgIpc) is 2.87. The highest BCUT2D eigenvalue weighted by molar-refractivity contribution is 7.99. The summed E-state index contributed by atoms with van der Waals surface area (Å²) < 4.78 is 0. The van der Waals surface area contributed by atoms with Crippen LogP contribution in [0.4, 0.5) is 0 Å². The van der Waals surface area contributed by atoms with Gasteiger partial charge >= 0.3 is 0 Å². The van der Waals surface area contributed by atoms with Gasteiger partial charge < -0.3 is 11.1 Å². The van der Waals surface area contributed by atoms with Crippen LogP contribution >= 0.6 is 11.8 Å². The largest absolute Gasteiger partial charge is 0.352 e. The van der Waals surface area contributed by atoms with E-state index in [4.69, 9.17) is 5.73 Å². The predicted octanol–water partition coefficient (Wildman–Crippen LogP) is 2.15. The van der Waals surface area contributed by atoms with Gasteiger partial charge in [0.2, 0.25) is 5.91 Å². The second kappa shape index (κ2) is 6.80. The topological polar surface area (TPSA) is 55.1 Å². The Bertz CT molecular complexity index is 285. The first-order valence-electron chi connectivity index (χ1n) is 7.29. The second-order valence-electron chi connectivity index (χ2n) is 5.71. The summed E-state index contributed by atoms with van der Waals surface area (Å²) >= 11 is 1.91. The number of thioether (sulfide) groups is 1. The Morgan fingerprint density at radius 1 is 1.22 bits per heavy atom. The van der Waals surface area contributed by atoms with Crippen molar-refractivity contribution in [2.75, 3.05) is 12.8 Å².